The molecule has 0 aliphatic heterocycles. The predicted molar refractivity (Wildman–Crippen MR) is 177 cm³/mol. The van der Waals surface area contributed by atoms with Crippen molar-refractivity contribution in [1.82, 2.24) is 0 Å². The van der Waals surface area contributed by atoms with Crippen molar-refractivity contribution in [2.75, 3.05) is 12.3 Å². The van der Waals surface area contributed by atoms with Gasteiger partial charge in [0.05, 0.1) is 0 Å². The van der Waals surface area contributed by atoms with Crippen molar-refractivity contribution in [3.05, 3.63) is 0 Å². The van der Waals surface area contributed by atoms with Gasteiger partial charge in [-0.15, -0.1) is 15.8 Å². The lowest BCUT2D eigenvalue weighted by Gasteiger charge is -2.38. The minimum Gasteiger partial charge on any atom is -0.100 e. The average molecular weight is 563 g/mol. The molecule has 4 aliphatic rings. The second-order valence-electron chi connectivity index (χ2n) is 14.2. The highest BCUT2D eigenvalue weighted by molar-refractivity contribution is 7.59. The van der Waals surface area contributed by atoms with E-state index in [0.717, 1.165) is 0 Å². The lowest BCUT2D eigenvalue weighted by atomic mass is 9.99. The Hall–Kier alpha value is 0.860. The van der Waals surface area contributed by atoms with E-state index in [1.165, 1.54) is 86.8 Å². The maximum absolute atomic E-state index is 1.65. The maximum atomic E-state index is 1.65. The normalized spacial score (nSPS) is 23.5. The maximum Gasteiger partial charge on any atom is -0.0207 e. The summed E-state index contributed by atoms with van der Waals surface area (Å²) in [6.07, 6.45) is 50.1. The summed E-state index contributed by atoms with van der Waals surface area (Å²) in [7, 11) is 0.708. The van der Waals surface area contributed by atoms with Crippen LogP contribution >= 0.6 is 15.8 Å². The van der Waals surface area contributed by atoms with Crippen molar-refractivity contribution in [1.29, 1.82) is 0 Å². The Morgan fingerprint density at radius 2 is 0.474 bits per heavy atom. The first-order valence-corrected chi connectivity index (χ1v) is 21.8. The Balaban J connectivity index is 1.00. The number of rotatable bonds is 17. The fraction of sp³-hybridized carbons (Fsp3) is 1.00. The third-order valence-corrected chi connectivity index (χ3v) is 18.7. The van der Waals surface area contributed by atoms with Crippen LogP contribution in [0.25, 0.3) is 0 Å². The van der Waals surface area contributed by atoms with Crippen molar-refractivity contribution < 1.29 is 0 Å². The van der Waals surface area contributed by atoms with Gasteiger partial charge in [-0.25, -0.2) is 0 Å². The zero-order chi connectivity index (χ0) is 26.1. The lowest BCUT2D eigenvalue weighted by Crippen LogP contribution is -2.22. The van der Waals surface area contributed by atoms with Gasteiger partial charge in [0.1, 0.15) is 0 Å². The quantitative estimate of drug-likeness (QED) is 0.122. The van der Waals surface area contributed by atoms with Crippen LogP contribution in [0.3, 0.4) is 0 Å². The third kappa shape index (κ3) is 11.6. The van der Waals surface area contributed by atoms with E-state index in [1.54, 1.807) is 141 Å². The fourth-order valence-electron chi connectivity index (χ4n) is 8.98. The molecule has 0 saturated heterocycles. The summed E-state index contributed by atoms with van der Waals surface area (Å²) in [5, 5.41) is 0. The molecule has 0 aromatic carbocycles. The highest BCUT2D eigenvalue weighted by Crippen LogP contribution is 2.57. The fourth-order valence-corrected chi connectivity index (χ4v) is 16.9. The number of hydrogen-bond donors (Lipinski definition) is 0. The molecule has 4 aliphatic carbocycles. The molecule has 4 fully saturated rings. The molecular weight excluding hydrogens is 494 g/mol. The first-order chi connectivity index (χ1) is 18.9. The van der Waals surface area contributed by atoms with Crippen LogP contribution in [0.5, 0.6) is 0 Å². The van der Waals surface area contributed by atoms with Crippen LogP contribution in [-0.2, 0) is 0 Å². The van der Waals surface area contributed by atoms with Gasteiger partial charge in [0.15, 0.2) is 0 Å². The molecule has 222 valence electrons. The Morgan fingerprint density at radius 3 is 0.711 bits per heavy atom. The molecule has 38 heavy (non-hydrogen) atoms. The van der Waals surface area contributed by atoms with E-state index in [0.29, 0.717) is 15.8 Å². The zero-order valence-electron chi connectivity index (χ0n) is 25.8. The SMILES string of the molecule is C(CCCCCCP(C1CCCCC1)C1CCCCC1)CCCCCP(C1CCCCC1)C1CCCCC1. The van der Waals surface area contributed by atoms with Crippen molar-refractivity contribution >= 4 is 15.8 Å². The lowest BCUT2D eigenvalue weighted by molar-refractivity contribution is 0.482. The smallest absolute Gasteiger partial charge is 0.0207 e. The van der Waals surface area contributed by atoms with Gasteiger partial charge >= 0.3 is 0 Å². The van der Waals surface area contributed by atoms with E-state index < -0.39 is 0 Å². The molecule has 0 aromatic heterocycles. The van der Waals surface area contributed by atoms with Gasteiger partial charge < -0.3 is 0 Å². The zero-order valence-corrected chi connectivity index (χ0v) is 27.6. The minimum absolute atomic E-state index is 0.354. The molecule has 0 heterocycles. The number of hydrogen-bond acceptors (Lipinski definition) is 0. The minimum atomic E-state index is 0.354. The van der Waals surface area contributed by atoms with Crippen molar-refractivity contribution in [2.24, 2.45) is 0 Å². The Bertz CT molecular complexity index is 466. The van der Waals surface area contributed by atoms with Gasteiger partial charge in [0.2, 0.25) is 0 Å². The van der Waals surface area contributed by atoms with Gasteiger partial charge in [0.25, 0.3) is 0 Å². The summed E-state index contributed by atoms with van der Waals surface area (Å²) in [6, 6.07) is 0. The Labute approximate surface area is 242 Å². The van der Waals surface area contributed by atoms with Crippen molar-refractivity contribution in [3.63, 3.8) is 0 Å². The topological polar surface area (TPSA) is 0 Å². The van der Waals surface area contributed by atoms with Gasteiger partial charge in [-0.3, -0.25) is 0 Å². The predicted octanol–water partition coefficient (Wildman–Crippen LogP) is 13.2. The average Bonchev–Trinajstić information content (AvgIpc) is 2.99. The second kappa shape index (κ2) is 19.9. The highest BCUT2D eigenvalue weighted by Gasteiger charge is 2.31. The first-order valence-electron chi connectivity index (χ1n) is 18.4. The molecule has 0 spiro atoms. The molecule has 2 heteroatoms. The van der Waals surface area contributed by atoms with Crippen molar-refractivity contribution in [2.45, 2.75) is 215 Å². The standard InChI is InChI=1S/C36H68P2/c1(3-5-7-21-31-37(33-23-13-9-14-24-33)34-25-15-10-16-26-34)2-4-6-8-22-32-38(35-27-17-11-18-28-35)36-29-19-12-20-30-36/h33-36H,1-32H2. The molecule has 0 bridgehead atoms. The first kappa shape index (κ1) is 31.8. The second-order valence-corrected chi connectivity index (χ2v) is 20.1. The van der Waals surface area contributed by atoms with E-state index in [-0.39, 0.29) is 0 Å². The van der Waals surface area contributed by atoms with Gasteiger partial charge in [-0.1, -0.05) is 128 Å². The largest absolute Gasteiger partial charge is 0.100 e. The summed E-state index contributed by atoms with van der Waals surface area (Å²) in [5.74, 6) is 0. The van der Waals surface area contributed by atoms with Crippen LogP contribution in [0, 0.1) is 0 Å². The third-order valence-electron chi connectivity index (χ3n) is 11.3. The monoisotopic (exact) mass is 562 g/mol. The number of unbranched alkanes of at least 4 members (excludes halogenated alkanes) is 9. The summed E-state index contributed by atoms with van der Waals surface area (Å²) in [4.78, 5) is 0. The van der Waals surface area contributed by atoms with Crippen LogP contribution in [-0.4, -0.2) is 35.0 Å². The molecule has 0 atom stereocenters. The molecule has 0 radical (unpaired) electrons. The summed E-state index contributed by atoms with van der Waals surface area (Å²) < 4.78 is 0. The van der Waals surface area contributed by atoms with Crippen LogP contribution in [0.2, 0.25) is 0 Å². The molecule has 0 nitrogen and oxygen atoms in total. The van der Waals surface area contributed by atoms with Crippen molar-refractivity contribution in [3.8, 4) is 0 Å². The van der Waals surface area contributed by atoms with Crippen LogP contribution in [0.15, 0.2) is 0 Å². The van der Waals surface area contributed by atoms with Gasteiger partial charge in [-0.2, -0.15) is 0 Å². The Morgan fingerprint density at radius 1 is 0.263 bits per heavy atom. The van der Waals surface area contributed by atoms with Crippen LogP contribution < -0.4 is 0 Å². The van der Waals surface area contributed by atoms with E-state index in [9.17, 15) is 0 Å². The van der Waals surface area contributed by atoms with Crippen LogP contribution in [0.4, 0.5) is 0 Å². The molecule has 0 amide bonds. The summed E-state index contributed by atoms with van der Waals surface area (Å²) >= 11 is 0. The van der Waals surface area contributed by atoms with E-state index >= 15 is 0 Å². The molecule has 4 rings (SSSR count). The highest BCUT2D eigenvalue weighted by atomic mass is 31.1. The van der Waals surface area contributed by atoms with Gasteiger partial charge in [0, 0.05) is 0 Å². The molecule has 0 aromatic rings. The summed E-state index contributed by atoms with van der Waals surface area (Å²) in [5.41, 5.74) is 4.68. The molecule has 4 saturated carbocycles. The van der Waals surface area contributed by atoms with E-state index in [1.807, 2.05) is 0 Å². The van der Waals surface area contributed by atoms with Crippen LogP contribution in [0.1, 0.15) is 193 Å². The molecule has 0 N–H and O–H groups in total. The molecule has 0 unspecified atom stereocenters. The van der Waals surface area contributed by atoms with Gasteiger partial charge in [-0.05, 0) is 99.2 Å². The Kier molecular flexibility index (Phi) is 16.6. The summed E-state index contributed by atoms with van der Waals surface area (Å²) in [6.45, 7) is 0. The molecular formula is C36H68P2. The van der Waals surface area contributed by atoms with E-state index in [2.05, 4.69) is 0 Å². The van der Waals surface area contributed by atoms with E-state index in [4.69, 9.17) is 0 Å².